The van der Waals surface area contributed by atoms with Crippen molar-refractivity contribution >= 4 is 17.9 Å². The summed E-state index contributed by atoms with van der Waals surface area (Å²) in [6.07, 6.45) is 2.02. The molecule has 0 aliphatic heterocycles. The Morgan fingerprint density at radius 3 is 2.71 bits per heavy atom. The number of carbonyl (C=O) groups is 1. The summed E-state index contributed by atoms with van der Waals surface area (Å²) >= 11 is 0. The van der Waals surface area contributed by atoms with E-state index in [1.165, 1.54) is 12.3 Å². The van der Waals surface area contributed by atoms with Crippen LogP contribution in [0.5, 0.6) is 0 Å². The number of nitrogens with zero attached hydrogens (tertiary/aromatic N) is 1. The van der Waals surface area contributed by atoms with Crippen molar-refractivity contribution in [3.8, 4) is 0 Å². The molecule has 1 aromatic rings. The van der Waals surface area contributed by atoms with Crippen molar-refractivity contribution in [2.75, 3.05) is 5.32 Å². The molecule has 0 spiro atoms. The van der Waals surface area contributed by atoms with Crippen LogP contribution in [0.3, 0.4) is 0 Å². The zero-order chi connectivity index (χ0) is 11.0. The number of hydrogen-bond acceptors (Lipinski definition) is 5. The van der Waals surface area contributed by atoms with E-state index < -0.39 is 11.7 Å². The fraction of sp³-hybridized carbons (Fsp3) is 0. The first kappa shape index (κ1) is 11.5. The molecule has 0 aromatic carbocycles. The van der Waals surface area contributed by atoms with Gasteiger partial charge in [0.2, 0.25) is 6.08 Å². The minimum Gasteiger partial charge on any atom is -0.351 e. The highest BCUT2D eigenvalue weighted by Gasteiger charge is 1.94. The number of primary amides is 1. The summed E-state index contributed by atoms with van der Waals surface area (Å²) < 4.78 is 0. The van der Waals surface area contributed by atoms with Gasteiger partial charge in [0.05, 0.1) is 0 Å². The Balaban J connectivity index is 0.000000500. The molecule has 0 aliphatic rings. The van der Waals surface area contributed by atoms with Gasteiger partial charge >= 0.3 is 11.7 Å². The summed E-state index contributed by atoms with van der Waals surface area (Å²) in [5.74, 6) is 0.234. The number of nitrogens with two attached hydrogens (primary N) is 1. The zero-order valence-corrected chi connectivity index (χ0v) is 6.90. The normalized spacial score (nSPS) is 7.71. The predicted octanol–water partition coefficient (Wildman–Crippen LogP) is -0.839. The lowest BCUT2D eigenvalue weighted by molar-refractivity contribution is 0.259. The van der Waals surface area contributed by atoms with E-state index in [1.807, 2.05) is 0 Å². The molecular weight excluding hydrogens is 190 g/mol. The number of urea groups is 1. The second-order valence-corrected chi connectivity index (χ2v) is 1.88. The minimum atomic E-state index is -0.730. The molecule has 0 fully saturated rings. The fourth-order valence-corrected chi connectivity index (χ4v) is 0.574. The molecule has 0 saturated heterocycles. The van der Waals surface area contributed by atoms with Crippen molar-refractivity contribution in [1.29, 1.82) is 5.41 Å². The van der Waals surface area contributed by atoms with Gasteiger partial charge < -0.3 is 5.73 Å². The maximum absolute atomic E-state index is 10.5. The number of aromatic amines is 1. The van der Waals surface area contributed by atoms with Gasteiger partial charge in [-0.2, -0.15) is 0 Å². The first-order valence-corrected chi connectivity index (χ1v) is 3.25. The summed E-state index contributed by atoms with van der Waals surface area (Å²) in [6, 6.07) is 0.693. The van der Waals surface area contributed by atoms with Crippen LogP contribution < -0.4 is 16.7 Å². The lowest BCUT2D eigenvalue weighted by Crippen LogP contribution is -2.22. The number of anilines is 1. The maximum Gasteiger partial charge on any atom is 0.346 e. The zero-order valence-electron chi connectivity index (χ0n) is 6.90. The molecule has 0 unspecified atom stereocenters. The van der Waals surface area contributed by atoms with Gasteiger partial charge in [0.1, 0.15) is 5.82 Å². The topological polar surface area (TPSA) is 142 Å². The third kappa shape index (κ3) is 5.22. The first-order valence-electron chi connectivity index (χ1n) is 3.25. The maximum atomic E-state index is 10.5. The molecule has 1 aromatic heterocycles. The molecule has 74 valence electrons. The number of hydrogen-bond donors (Lipinski definition) is 4. The molecule has 0 radical (unpaired) electrons. The van der Waals surface area contributed by atoms with Crippen LogP contribution >= 0.6 is 0 Å². The van der Waals surface area contributed by atoms with Crippen molar-refractivity contribution < 1.29 is 9.59 Å². The van der Waals surface area contributed by atoms with Crippen molar-refractivity contribution in [1.82, 2.24) is 9.97 Å². The van der Waals surface area contributed by atoms with E-state index >= 15 is 0 Å². The Labute approximate surface area is 77.7 Å². The average molecular weight is 197 g/mol. The Kier molecular flexibility index (Phi) is 5.02. The third-order valence-corrected chi connectivity index (χ3v) is 0.932. The minimum absolute atomic E-state index is 0.234. The number of isocyanates is 1. The summed E-state index contributed by atoms with van der Waals surface area (Å²) in [5.41, 5.74) is 4.25. The van der Waals surface area contributed by atoms with Crippen molar-refractivity contribution in [2.45, 2.75) is 0 Å². The highest BCUT2D eigenvalue weighted by molar-refractivity contribution is 5.86. The molecule has 0 saturated carbocycles. The number of nitrogens with one attached hydrogen (secondary N) is 3. The molecule has 0 atom stereocenters. The lowest BCUT2D eigenvalue weighted by atomic mass is 10.6. The van der Waals surface area contributed by atoms with E-state index in [-0.39, 0.29) is 5.82 Å². The van der Waals surface area contributed by atoms with Crippen molar-refractivity contribution in [2.24, 2.45) is 5.73 Å². The van der Waals surface area contributed by atoms with Gasteiger partial charge in [0.25, 0.3) is 0 Å². The molecular formula is C6H7N5O3. The summed E-state index contributed by atoms with van der Waals surface area (Å²) in [4.78, 5) is 34.7. The second kappa shape index (κ2) is 6.09. The van der Waals surface area contributed by atoms with Crippen LogP contribution in [0.15, 0.2) is 17.1 Å². The molecule has 5 N–H and O–H groups in total. The Bertz CT molecular complexity index is 392. The summed E-state index contributed by atoms with van der Waals surface area (Å²) in [6.45, 7) is 0. The van der Waals surface area contributed by atoms with E-state index in [4.69, 9.17) is 15.9 Å². The van der Waals surface area contributed by atoms with Gasteiger partial charge in [-0.05, 0) is 6.07 Å². The highest BCUT2D eigenvalue weighted by atomic mass is 16.2. The van der Waals surface area contributed by atoms with Gasteiger partial charge in [0, 0.05) is 6.20 Å². The smallest absolute Gasteiger partial charge is 0.346 e. The molecule has 0 aliphatic carbocycles. The summed E-state index contributed by atoms with van der Waals surface area (Å²) in [5, 5.41) is 7.59. The van der Waals surface area contributed by atoms with Crippen LogP contribution in [0.2, 0.25) is 0 Å². The number of rotatable bonds is 1. The largest absolute Gasteiger partial charge is 0.351 e. The van der Waals surface area contributed by atoms with Crippen LogP contribution in [0.25, 0.3) is 0 Å². The van der Waals surface area contributed by atoms with Crippen LogP contribution in [0.4, 0.5) is 10.6 Å². The van der Waals surface area contributed by atoms with Gasteiger partial charge in [-0.1, -0.05) is 0 Å². The highest BCUT2D eigenvalue weighted by Crippen LogP contribution is 1.93. The van der Waals surface area contributed by atoms with Gasteiger partial charge in [-0.3, -0.25) is 10.3 Å². The lowest BCUT2D eigenvalue weighted by Gasteiger charge is -1.97. The van der Waals surface area contributed by atoms with E-state index in [1.54, 1.807) is 0 Å². The molecule has 8 nitrogen and oxygen atoms in total. The van der Waals surface area contributed by atoms with Crippen molar-refractivity contribution in [3.63, 3.8) is 0 Å². The third-order valence-electron chi connectivity index (χ3n) is 0.932. The monoisotopic (exact) mass is 197 g/mol. The molecule has 2 amide bonds. The van der Waals surface area contributed by atoms with E-state index in [0.29, 0.717) is 0 Å². The van der Waals surface area contributed by atoms with Crippen molar-refractivity contribution in [3.05, 3.63) is 22.7 Å². The number of carbonyl (C=O) groups excluding carboxylic acids is 2. The molecule has 14 heavy (non-hydrogen) atoms. The quantitative estimate of drug-likeness (QED) is 0.344. The molecule has 1 rings (SSSR count). The molecule has 0 bridgehead atoms. The molecule has 8 heteroatoms. The van der Waals surface area contributed by atoms with Gasteiger partial charge in [0.15, 0.2) is 0 Å². The average Bonchev–Trinajstić information content (AvgIpc) is 2.03. The van der Waals surface area contributed by atoms with E-state index in [2.05, 4.69) is 15.3 Å². The standard InChI is InChI=1S/C5H6N4O2.CHNO/c6-4(10)8-3-1-2-7-5(11)9-3;2-1-3/h1-2H,(H4,6,7,8,9,10,11);2H. The Morgan fingerprint density at radius 2 is 2.29 bits per heavy atom. The van der Waals surface area contributed by atoms with Crippen LogP contribution in [0.1, 0.15) is 0 Å². The number of amides is 2. The predicted molar refractivity (Wildman–Crippen MR) is 46.5 cm³/mol. The Morgan fingerprint density at radius 1 is 1.71 bits per heavy atom. The van der Waals surface area contributed by atoms with Crippen LogP contribution in [0, 0.1) is 5.41 Å². The number of H-pyrrole nitrogens is 1. The fourth-order valence-electron chi connectivity index (χ4n) is 0.574. The van der Waals surface area contributed by atoms with Crippen LogP contribution in [-0.2, 0) is 4.79 Å². The summed E-state index contributed by atoms with van der Waals surface area (Å²) in [7, 11) is 0. The van der Waals surface area contributed by atoms with E-state index in [9.17, 15) is 9.59 Å². The SMILES string of the molecule is N=C=O.NC(=O)Nc1ccnc(=O)[nH]1. The second-order valence-electron chi connectivity index (χ2n) is 1.88. The van der Waals surface area contributed by atoms with E-state index in [0.717, 1.165) is 6.08 Å². The van der Waals surface area contributed by atoms with Gasteiger partial charge in [-0.15, -0.1) is 0 Å². The Hall–Kier alpha value is -2.47. The van der Waals surface area contributed by atoms with Crippen LogP contribution in [-0.4, -0.2) is 22.1 Å². The van der Waals surface area contributed by atoms with Gasteiger partial charge in [-0.25, -0.2) is 24.8 Å². The first-order chi connectivity index (χ1) is 6.60. The number of aromatic nitrogens is 2. The molecule has 1 heterocycles.